The van der Waals surface area contributed by atoms with Crippen LogP contribution < -0.4 is 10.5 Å². The summed E-state index contributed by atoms with van der Waals surface area (Å²) in [4.78, 5) is 0. The minimum Gasteiger partial charge on any atom is -0.494 e. The third-order valence-corrected chi connectivity index (χ3v) is 4.54. The van der Waals surface area contributed by atoms with Gasteiger partial charge >= 0.3 is 0 Å². The molecule has 0 spiro atoms. The van der Waals surface area contributed by atoms with Gasteiger partial charge in [-0.05, 0) is 55.7 Å². The maximum atomic E-state index is 5.82. The third-order valence-electron chi connectivity index (χ3n) is 4.54. The number of quaternary nitrogens is 1. The zero-order valence-electron chi connectivity index (χ0n) is 16.5. The van der Waals surface area contributed by atoms with Crippen LogP contribution in [0, 0.1) is 0 Å². The minimum absolute atomic E-state index is 0.786. The number of unbranched alkanes of at least 4 members (excludes halogenated alkanes) is 8. The molecule has 3 N–H and O–H groups in total. The lowest BCUT2D eigenvalue weighted by Gasteiger charge is -2.06. The number of azo groups is 1. The van der Waals surface area contributed by atoms with Crippen molar-refractivity contribution in [1.82, 2.24) is 0 Å². The Balaban J connectivity index is 1.52. The summed E-state index contributed by atoms with van der Waals surface area (Å²) in [6.45, 7) is 1.87. The summed E-state index contributed by atoms with van der Waals surface area (Å²) in [6.07, 6.45) is 11.8. The van der Waals surface area contributed by atoms with Crippen molar-refractivity contribution < 1.29 is 10.5 Å². The van der Waals surface area contributed by atoms with Gasteiger partial charge in [0.15, 0.2) is 0 Å². The molecular weight excluding hydrogens is 334 g/mol. The molecule has 0 saturated heterocycles. The average molecular weight is 369 g/mol. The minimum atomic E-state index is 0.786. The smallest absolute Gasteiger partial charge is 0.119 e. The van der Waals surface area contributed by atoms with Gasteiger partial charge in [0.2, 0.25) is 0 Å². The first-order chi connectivity index (χ1) is 13.4. The van der Waals surface area contributed by atoms with E-state index in [9.17, 15) is 0 Å². The van der Waals surface area contributed by atoms with Gasteiger partial charge in [-0.2, -0.15) is 10.2 Å². The molecule has 4 heteroatoms. The monoisotopic (exact) mass is 368 g/mol. The van der Waals surface area contributed by atoms with Crippen LogP contribution >= 0.6 is 0 Å². The summed E-state index contributed by atoms with van der Waals surface area (Å²) >= 11 is 0. The Morgan fingerprint density at radius 1 is 0.593 bits per heavy atom. The highest BCUT2D eigenvalue weighted by atomic mass is 16.5. The van der Waals surface area contributed by atoms with Crippen molar-refractivity contribution in [1.29, 1.82) is 0 Å². The molecule has 0 atom stereocenters. The fourth-order valence-electron chi connectivity index (χ4n) is 2.93. The van der Waals surface area contributed by atoms with Crippen LogP contribution in [0.5, 0.6) is 5.75 Å². The van der Waals surface area contributed by atoms with E-state index in [1.807, 2.05) is 54.6 Å². The summed E-state index contributed by atoms with van der Waals surface area (Å²) < 4.78 is 5.82. The zero-order valence-corrected chi connectivity index (χ0v) is 16.5. The van der Waals surface area contributed by atoms with Crippen LogP contribution in [0.25, 0.3) is 0 Å². The molecule has 2 aromatic rings. The van der Waals surface area contributed by atoms with Crippen molar-refractivity contribution in [3.8, 4) is 5.75 Å². The van der Waals surface area contributed by atoms with Crippen molar-refractivity contribution in [3.63, 3.8) is 0 Å². The molecular formula is C23H34N3O+. The quantitative estimate of drug-likeness (QED) is 0.311. The van der Waals surface area contributed by atoms with Gasteiger partial charge in [-0.15, -0.1) is 0 Å². The molecule has 0 radical (unpaired) electrons. The molecule has 2 rings (SSSR count). The van der Waals surface area contributed by atoms with E-state index in [0.717, 1.165) is 36.7 Å². The highest BCUT2D eigenvalue weighted by Crippen LogP contribution is 2.21. The van der Waals surface area contributed by atoms with Crippen molar-refractivity contribution in [3.05, 3.63) is 54.6 Å². The van der Waals surface area contributed by atoms with Gasteiger partial charge in [-0.1, -0.05) is 56.7 Å². The maximum Gasteiger partial charge on any atom is 0.119 e. The summed E-state index contributed by atoms with van der Waals surface area (Å²) in [5.74, 6) is 0.902. The average Bonchev–Trinajstić information content (AvgIpc) is 2.72. The molecule has 2 aromatic carbocycles. The fraction of sp³-hybridized carbons (Fsp3) is 0.478. The normalized spacial score (nSPS) is 11.1. The summed E-state index contributed by atoms with van der Waals surface area (Å²) in [6, 6.07) is 17.6. The highest BCUT2D eigenvalue weighted by molar-refractivity contribution is 5.42. The Morgan fingerprint density at radius 3 is 1.70 bits per heavy atom. The number of nitrogens with zero attached hydrogens (tertiary/aromatic N) is 2. The second-order valence-corrected chi connectivity index (χ2v) is 6.91. The van der Waals surface area contributed by atoms with Crippen molar-refractivity contribution in [2.45, 2.75) is 57.8 Å². The first-order valence-electron chi connectivity index (χ1n) is 10.4. The fourth-order valence-corrected chi connectivity index (χ4v) is 2.93. The molecule has 0 aliphatic heterocycles. The highest BCUT2D eigenvalue weighted by Gasteiger charge is 1.97. The van der Waals surface area contributed by atoms with E-state index < -0.39 is 0 Å². The third kappa shape index (κ3) is 9.90. The van der Waals surface area contributed by atoms with E-state index in [0.29, 0.717) is 0 Å². The largest absolute Gasteiger partial charge is 0.494 e. The molecule has 0 fully saturated rings. The predicted molar refractivity (Wildman–Crippen MR) is 112 cm³/mol. The molecule has 146 valence electrons. The van der Waals surface area contributed by atoms with E-state index in [2.05, 4.69) is 16.0 Å². The predicted octanol–water partition coefficient (Wildman–Crippen LogP) is 6.23. The SMILES string of the molecule is [NH3+]CCCCCCCCCCCOc1ccc(N=Nc2ccccc2)cc1. The molecule has 0 aromatic heterocycles. The molecule has 0 aliphatic rings. The number of hydrogen-bond donors (Lipinski definition) is 1. The van der Waals surface area contributed by atoms with E-state index in [1.165, 1.54) is 51.4 Å². The second kappa shape index (κ2) is 13.9. The topological polar surface area (TPSA) is 61.6 Å². The van der Waals surface area contributed by atoms with Gasteiger partial charge in [0.1, 0.15) is 5.75 Å². The Labute approximate surface area is 163 Å². The van der Waals surface area contributed by atoms with Crippen LogP contribution in [0.2, 0.25) is 0 Å². The standard InChI is InChI=1S/C23H33N3O/c24-19-11-6-4-2-1-3-5-7-12-20-27-23-17-15-22(16-18-23)26-25-21-13-9-8-10-14-21/h8-10,13-18H,1-7,11-12,19-20,24H2/p+1. The molecule has 0 unspecified atom stereocenters. The number of rotatable bonds is 14. The first-order valence-corrected chi connectivity index (χ1v) is 10.4. The Hall–Kier alpha value is -2.20. The maximum absolute atomic E-state index is 5.82. The lowest BCUT2D eigenvalue weighted by molar-refractivity contribution is -0.368. The molecule has 4 nitrogen and oxygen atoms in total. The van der Waals surface area contributed by atoms with E-state index in [-0.39, 0.29) is 0 Å². The van der Waals surface area contributed by atoms with Gasteiger partial charge in [-0.25, -0.2) is 0 Å². The van der Waals surface area contributed by atoms with Gasteiger partial charge in [-0.3, -0.25) is 0 Å². The van der Waals surface area contributed by atoms with Crippen LogP contribution in [0.3, 0.4) is 0 Å². The van der Waals surface area contributed by atoms with Gasteiger partial charge < -0.3 is 10.5 Å². The number of hydrogen-bond acceptors (Lipinski definition) is 3. The van der Waals surface area contributed by atoms with Crippen molar-refractivity contribution >= 4 is 11.4 Å². The second-order valence-electron chi connectivity index (χ2n) is 6.91. The van der Waals surface area contributed by atoms with E-state index >= 15 is 0 Å². The van der Waals surface area contributed by atoms with Crippen molar-refractivity contribution in [2.75, 3.05) is 13.2 Å². The van der Waals surface area contributed by atoms with Crippen LogP contribution in [-0.4, -0.2) is 13.2 Å². The van der Waals surface area contributed by atoms with Gasteiger partial charge in [0.05, 0.1) is 24.5 Å². The van der Waals surface area contributed by atoms with E-state index in [1.54, 1.807) is 0 Å². The summed E-state index contributed by atoms with van der Waals surface area (Å²) in [5.41, 5.74) is 5.58. The Kier molecular flexibility index (Phi) is 10.9. The molecule has 0 saturated carbocycles. The van der Waals surface area contributed by atoms with Crippen LogP contribution in [0.4, 0.5) is 11.4 Å². The zero-order chi connectivity index (χ0) is 19.0. The first kappa shape index (κ1) is 21.1. The molecule has 0 aliphatic carbocycles. The molecule has 0 amide bonds. The van der Waals surface area contributed by atoms with E-state index in [4.69, 9.17) is 4.74 Å². The van der Waals surface area contributed by atoms with Crippen LogP contribution in [-0.2, 0) is 0 Å². The molecule has 27 heavy (non-hydrogen) atoms. The van der Waals surface area contributed by atoms with Crippen LogP contribution in [0.1, 0.15) is 57.8 Å². The Bertz CT molecular complexity index is 626. The van der Waals surface area contributed by atoms with Crippen molar-refractivity contribution in [2.24, 2.45) is 10.2 Å². The van der Waals surface area contributed by atoms with Gasteiger partial charge in [0, 0.05) is 0 Å². The van der Waals surface area contributed by atoms with Gasteiger partial charge in [0.25, 0.3) is 0 Å². The number of ether oxygens (including phenoxy) is 1. The van der Waals surface area contributed by atoms with Crippen LogP contribution in [0.15, 0.2) is 64.8 Å². The molecule has 0 bridgehead atoms. The summed E-state index contributed by atoms with van der Waals surface area (Å²) in [5, 5.41) is 8.46. The lowest BCUT2D eigenvalue weighted by Crippen LogP contribution is -2.50. The Morgan fingerprint density at radius 2 is 1.11 bits per heavy atom. The summed E-state index contributed by atoms with van der Waals surface area (Å²) in [7, 11) is 0. The lowest BCUT2D eigenvalue weighted by atomic mass is 10.1. The molecule has 0 heterocycles. The number of benzene rings is 2.